The normalized spacial score (nSPS) is 15.7. The van der Waals surface area contributed by atoms with Crippen LogP contribution in [0, 0.1) is 34.7 Å². The zero-order valence-corrected chi connectivity index (χ0v) is 23.4. The maximum absolute atomic E-state index is 13.9. The van der Waals surface area contributed by atoms with Gasteiger partial charge in [0.25, 0.3) is 0 Å². The van der Waals surface area contributed by atoms with Crippen LogP contribution in [0.5, 0.6) is 5.75 Å². The fourth-order valence-electron chi connectivity index (χ4n) is 5.52. The summed E-state index contributed by atoms with van der Waals surface area (Å²) in [6.07, 6.45) is 2.83. The maximum atomic E-state index is 13.9. The van der Waals surface area contributed by atoms with Crippen molar-refractivity contribution < 1.29 is 32.9 Å². The van der Waals surface area contributed by atoms with Gasteiger partial charge in [-0.25, -0.2) is 13.2 Å². The van der Waals surface area contributed by atoms with Gasteiger partial charge in [-0.05, 0) is 68.5 Å². The van der Waals surface area contributed by atoms with Crippen LogP contribution >= 0.6 is 0 Å². The van der Waals surface area contributed by atoms with Gasteiger partial charge in [0.2, 0.25) is 0 Å². The number of fused-ring (bicyclic) bond motifs is 1. The first-order chi connectivity index (χ1) is 19.5. The van der Waals surface area contributed by atoms with Crippen LogP contribution in [0.3, 0.4) is 0 Å². The molecule has 0 aliphatic carbocycles. The smallest absolute Gasteiger partial charge is 0.303 e. The number of likely N-dealkylation sites (tertiary alicyclic amines) is 1. The van der Waals surface area contributed by atoms with Crippen molar-refractivity contribution in [3.8, 4) is 17.6 Å². The summed E-state index contributed by atoms with van der Waals surface area (Å²) in [6, 6.07) is 6.83. The third kappa shape index (κ3) is 7.10. The van der Waals surface area contributed by atoms with Crippen LogP contribution in [0.4, 0.5) is 18.9 Å². The van der Waals surface area contributed by atoms with E-state index in [0.29, 0.717) is 50.6 Å². The molecule has 2 aromatic carbocycles. The number of carboxylic acid groups (broad SMARTS) is 1. The number of carbonyl (C=O) groups is 1. The number of halogens is 3. The molecule has 1 fully saturated rings. The maximum Gasteiger partial charge on any atom is 0.303 e. The van der Waals surface area contributed by atoms with Gasteiger partial charge in [0.05, 0.1) is 49.1 Å². The van der Waals surface area contributed by atoms with Gasteiger partial charge in [-0.3, -0.25) is 14.7 Å². The zero-order valence-electron chi connectivity index (χ0n) is 23.4. The molecule has 2 N–H and O–H groups in total. The highest BCUT2D eigenvalue weighted by Gasteiger charge is 2.37. The van der Waals surface area contributed by atoms with Gasteiger partial charge in [-0.15, -0.1) is 0 Å². The third-order valence-electron chi connectivity index (χ3n) is 7.82. The van der Waals surface area contributed by atoms with Crippen LogP contribution in [0.1, 0.15) is 49.3 Å². The van der Waals surface area contributed by atoms with Crippen molar-refractivity contribution in [2.24, 2.45) is 5.41 Å². The summed E-state index contributed by atoms with van der Waals surface area (Å²) in [5.74, 6) is 1.65. The van der Waals surface area contributed by atoms with E-state index in [1.165, 1.54) is 0 Å². The fourth-order valence-corrected chi connectivity index (χ4v) is 5.52. The van der Waals surface area contributed by atoms with Crippen molar-refractivity contribution in [1.82, 2.24) is 9.88 Å². The standard InChI is InChI=1S/C31H34F3N3O4/c1-36(2)26-19-35-25-7-6-22(41-3)17-23(25)29(26)27(38)8-9-31(18-28(39)40)10-13-37(14-11-31)12-4-5-20-15-21(32)16-24(33)30(20)34/h6-7,15-17,19,27,38H,8-14,18H2,1-3H3,(H,39,40)/t27-/m0/s1. The molecule has 1 aliphatic rings. The second-order valence-electron chi connectivity index (χ2n) is 10.8. The van der Waals surface area contributed by atoms with Crippen molar-refractivity contribution in [2.45, 2.75) is 38.2 Å². The summed E-state index contributed by atoms with van der Waals surface area (Å²) >= 11 is 0. The Labute approximate surface area is 237 Å². The molecule has 218 valence electrons. The Kier molecular flexibility index (Phi) is 9.41. The van der Waals surface area contributed by atoms with E-state index in [-0.39, 0.29) is 18.5 Å². The SMILES string of the molecule is COc1ccc2ncc(N(C)C)c([C@@H](O)CCC3(CC(=O)O)CCN(CC#Cc4cc(F)cc(F)c4F)CC3)c2c1. The second kappa shape index (κ2) is 12.8. The Morgan fingerprint density at radius 1 is 1.20 bits per heavy atom. The lowest BCUT2D eigenvalue weighted by Gasteiger charge is -2.41. The first-order valence-electron chi connectivity index (χ1n) is 13.4. The number of rotatable bonds is 9. The highest BCUT2D eigenvalue weighted by atomic mass is 19.2. The van der Waals surface area contributed by atoms with Crippen LogP contribution in [0.25, 0.3) is 10.9 Å². The van der Waals surface area contributed by atoms with Crippen LogP contribution < -0.4 is 9.64 Å². The number of aliphatic carboxylic acids is 1. The number of ether oxygens (including phenoxy) is 1. The summed E-state index contributed by atoms with van der Waals surface area (Å²) in [4.78, 5) is 20.3. The van der Waals surface area contributed by atoms with E-state index in [2.05, 4.69) is 16.8 Å². The summed E-state index contributed by atoms with van der Waals surface area (Å²) in [5, 5.41) is 22.0. The number of piperidine rings is 1. The molecule has 0 unspecified atom stereocenters. The molecule has 41 heavy (non-hydrogen) atoms. The minimum absolute atomic E-state index is 0.0293. The molecule has 1 aromatic heterocycles. The predicted molar refractivity (Wildman–Crippen MR) is 150 cm³/mol. The minimum Gasteiger partial charge on any atom is -0.497 e. The molecule has 0 saturated carbocycles. The lowest BCUT2D eigenvalue weighted by atomic mass is 9.71. The summed E-state index contributed by atoms with van der Waals surface area (Å²) in [6.45, 7) is 1.35. The largest absolute Gasteiger partial charge is 0.497 e. The number of anilines is 1. The highest BCUT2D eigenvalue weighted by molar-refractivity contribution is 5.88. The average Bonchev–Trinajstić information content (AvgIpc) is 2.94. The first kappa shape index (κ1) is 30.2. The first-order valence-corrected chi connectivity index (χ1v) is 13.4. The number of hydrogen-bond acceptors (Lipinski definition) is 6. The van der Waals surface area contributed by atoms with E-state index in [0.717, 1.165) is 28.2 Å². The lowest BCUT2D eigenvalue weighted by Crippen LogP contribution is -2.41. The molecule has 4 rings (SSSR count). The summed E-state index contributed by atoms with van der Waals surface area (Å²) < 4.78 is 46.2. The molecular formula is C31H34F3N3O4. The van der Waals surface area contributed by atoms with E-state index >= 15 is 0 Å². The molecule has 0 radical (unpaired) electrons. The Bertz CT molecular complexity index is 1480. The van der Waals surface area contributed by atoms with Crippen LogP contribution in [0.15, 0.2) is 36.5 Å². The van der Waals surface area contributed by atoms with Crippen molar-refractivity contribution in [1.29, 1.82) is 0 Å². The lowest BCUT2D eigenvalue weighted by molar-refractivity contribution is -0.141. The number of aromatic nitrogens is 1. The molecular weight excluding hydrogens is 535 g/mol. The van der Waals surface area contributed by atoms with Crippen molar-refractivity contribution in [3.63, 3.8) is 0 Å². The molecule has 0 bridgehead atoms. The highest BCUT2D eigenvalue weighted by Crippen LogP contribution is 2.43. The number of benzene rings is 2. The van der Waals surface area contributed by atoms with E-state index in [1.54, 1.807) is 13.3 Å². The summed E-state index contributed by atoms with van der Waals surface area (Å²) in [7, 11) is 5.33. The van der Waals surface area contributed by atoms with Crippen LogP contribution in [0.2, 0.25) is 0 Å². The van der Waals surface area contributed by atoms with Gasteiger partial charge in [-0.2, -0.15) is 0 Å². The number of carboxylic acids is 1. The second-order valence-corrected chi connectivity index (χ2v) is 10.8. The van der Waals surface area contributed by atoms with Gasteiger partial charge in [0, 0.05) is 31.1 Å². The Morgan fingerprint density at radius 3 is 2.59 bits per heavy atom. The number of pyridine rings is 1. The number of nitrogens with zero attached hydrogens (tertiary/aromatic N) is 3. The molecule has 1 atom stereocenters. The Balaban J connectivity index is 1.48. The van der Waals surface area contributed by atoms with E-state index in [9.17, 15) is 28.2 Å². The average molecular weight is 570 g/mol. The molecule has 1 aliphatic heterocycles. The molecule has 1 saturated heterocycles. The minimum atomic E-state index is -1.29. The summed E-state index contributed by atoms with van der Waals surface area (Å²) in [5.41, 5.74) is 1.35. The molecule has 3 aromatic rings. The Hall–Kier alpha value is -3.81. The zero-order chi connectivity index (χ0) is 29.7. The monoisotopic (exact) mass is 569 g/mol. The van der Waals surface area contributed by atoms with Crippen molar-refractivity contribution in [2.75, 3.05) is 45.7 Å². The third-order valence-corrected chi connectivity index (χ3v) is 7.82. The van der Waals surface area contributed by atoms with Crippen molar-refractivity contribution in [3.05, 3.63) is 65.1 Å². The van der Waals surface area contributed by atoms with Gasteiger partial charge < -0.3 is 19.8 Å². The van der Waals surface area contributed by atoms with Gasteiger partial charge in [0.1, 0.15) is 11.6 Å². The number of hydrogen-bond donors (Lipinski definition) is 2. The number of aliphatic hydroxyl groups is 1. The molecule has 0 spiro atoms. The predicted octanol–water partition coefficient (Wildman–Crippen LogP) is 5.15. The molecule has 0 amide bonds. The quantitative estimate of drug-likeness (QED) is 0.272. The van der Waals surface area contributed by atoms with Crippen molar-refractivity contribution >= 4 is 22.6 Å². The van der Waals surface area contributed by atoms with E-state index < -0.39 is 34.9 Å². The van der Waals surface area contributed by atoms with E-state index in [4.69, 9.17) is 4.74 Å². The topological polar surface area (TPSA) is 86.1 Å². The van der Waals surface area contributed by atoms with Gasteiger partial charge in [-0.1, -0.05) is 11.8 Å². The molecule has 10 heteroatoms. The van der Waals surface area contributed by atoms with Gasteiger partial charge >= 0.3 is 5.97 Å². The molecule has 7 nitrogen and oxygen atoms in total. The number of aliphatic hydroxyl groups excluding tert-OH is 1. The van der Waals surface area contributed by atoms with Gasteiger partial charge in [0.15, 0.2) is 11.6 Å². The molecule has 2 heterocycles. The van der Waals surface area contributed by atoms with Crippen LogP contribution in [-0.2, 0) is 4.79 Å². The number of methoxy groups -OCH3 is 1. The van der Waals surface area contributed by atoms with Crippen LogP contribution in [-0.4, -0.2) is 66.9 Å². The fraction of sp³-hybridized carbons (Fsp3) is 0.419. The Morgan fingerprint density at radius 2 is 1.93 bits per heavy atom. The van der Waals surface area contributed by atoms with E-state index in [1.807, 2.05) is 42.1 Å².